The molecule has 1 N–H and O–H groups in total. The van der Waals surface area contributed by atoms with Crippen LogP contribution in [0.15, 0.2) is 40.2 Å². The lowest BCUT2D eigenvalue weighted by Crippen LogP contribution is -2.53. The van der Waals surface area contributed by atoms with Crippen molar-refractivity contribution in [2.45, 2.75) is 13.0 Å². The van der Waals surface area contributed by atoms with Gasteiger partial charge in [-0.25, -0.2) is 0 Å². The molecule has 166 valence electrons. The van der Waals surface area contributed by atoms with Gasteiger partial charge in [0.05, 0.1) is 25.0 Å². The molecule has 30 heavy (non-hydrogen) atoms. The fourth-order valence-electron chi connectivity index (χ4n) is 3.46. The Morgan fingerprint density at radius 2 is 2.00 bits per heavy atom. The number of aliphatic imine (C=N–C) groups is 1. The number of carbonyl (C=O) groups is 1. The normalized spacial score (nSPS) is 15.8. The first-order valence-electron chi connectivity index (χ1n) is 10.0. The van der Waals surface area contributed by atoms with Crippen molar-refractivity contribution in [3.8, 4) is 0 Å². The molecule has 0 radical (unpaired) electrons. The minimum Gasteiger partial charge on any atom is -0.459 e. The molecular formula is C20H32IN7O2. The summed E-state index contributed by atoms with van der Waals surface area (Å²) in [5.74, 6) is 1.22. The average Bonchev–Trinajstić information content (AvgIpc) is 3.39. The van der Waals surface area contributed by atoms with E-state index in [2.05, 4.69) is 41.2 Å². The zero-order chi connectivity index (χ0) is 20.8. The van der Waals surface area contributed by atoms with Crippen LogP contribution in [-0.4, -0.2) is 89.7 Å². The number of aryl methyl sites for hydroxylation is 1. The van der Waals surface area contributed by atoms with Crippen LogP contribution in [0.1, 0.15) is 29.1 Å². The molecule has 0 bridgehead atoms. The fourth-order valence-corrected chi connectivity index (χ4v) is 3.46. The number of rotatable bonds is 6. The average molecular weight is 529 g/mol. The summed E-state index contributed by atoms with van der Waals surface area (Å²) in [5.41, 5.74) is 1.14. The number of furan rings is 1. The van der Waals surface area contributed by atoms with Crippen LogP contribution in [0.25, 0.3) is 0 Å². The Balaban J connectivity index is 0.00000320. The van der Waals surface area contributed by atoms with Gasteiger partial charge in [0.15, 0.2) is 11.7 Å². The van der Waals surface area contributed by atoms with Crippen molar-refractivity contribution in [1.29, 1.82) is 0 Å². The molecule has 1 unspecified atom stereocenters. The number of aromatic nitrogens is 2. The molecule has 3 heterocycles. The van der Waals surface area contributed by atoms with E-state index in [9.17, 15) is 4.79 Å². The maximum absolute atomic E-state index is 12.5. The van der Waals surface area contributed by atoms with Crippen molar-refractivity contribution in [1.82, 2.24) is 29.8 Å². The van der Waals surface area contributed by atoms with Crippen LogP contribution < -0.4 is 5.32 Å². The summed E-state index contributed by atoms with van der Waals surface area (Å²) in [6, 6.07) is 3.60. The third-order valence-electron chi connectivity index (χ3n) is 5.08. The molecule has 3 rings (SSSR count). The van der Waals surface area contributed by atoms with Crippen LogP contribution in [0.5, 0.6) is 0 Å². The second kappa shape index (κ2) is 11.3. The smallest absolute Gasteiger partial charge is 0.289 e. The van der Waals surface area contributed by atoms with Gasteiger partial charge in [-0.2, -0.15) is 5.10 Å². The highest BCUT2D eigenvalue weighted by molar-refractivity contribution is 14.0. The second-order valence-electron chi connectivity index (χ2n) is 7.38. The predicted octanol–water partition coefficient (Wildman–Crippen LogP) is 1.66. The third kappa shape index (κ3) is 5.97. The third-order valence-corrected chi connectivity index (χ3v) is 5.08. The summed E-state index contributed by atoms with van der Waals surface area (Å²) in [6.07, 6.45) is 5.46. The summed E-state index contributed by atoms with van der Waals surface area (Å²) < 4.78 is 7.06. The van der Waals surface area contributed by atoms with Gasteiger partial charge in [0, 0.05) is 51.5 Å². The molecule has 0 aliphatic carbocycles. The van der Waals surface area contributed by atoms with Gasteiger partial charge in [0.25, 0.3) is 5.91 Å². The highest BCUT2D eigenvalue weighted by atomic mass is 127. The number of likely N-dealkylation sites (N-methyl/N-ethyl adjacent to an activating group) is 1. The second-order valence-corrected chi connectivity index (χ2v) is 7.38. The minimum absolute atomic E-state index is 0. The zero-order valence-corrected chi connectivity index (χ0v) is 20.4. The van der Waals surface area contributed by atoms with Crippen LogP contribution in [0.4, 0.5) is 0 Å². The SMILES string of the molecule is CCNC(=NCC(c1cnn(C)c1)N(C)C)N1CCN(C(=O)c2ccco2)CC1.I. The van der Waals surface area contributed by atoms with Gasteiger partial charge in [-0.3, -0.25) is 14.5 Å². The topological polar surface area (TPSA) is 82.1 Å². The first-order chi connectivity index (χ1) is 14.0. The maximum atomic E-state index is 12.5. The quantitative estimate of drug-likeness (QED) is 0.349. The van der Waals surface area contributed by atoms with E-state index in [4.69, 9.17) is 9.41 Å². The van der Waals surface area contributed by atoms with Crippen molar-refractivity contribution < 1.29 is 9.21 Å². The highest BCUT2D eigenvalue weighted by Crippen LogP contribution is 2.18. The number of hydrogen-bond acceptors (Lipinski definition) is 5. The highest BCUT2D eigenvalue weighted by Gasteiger charge is 2.25. The molecule has 1 saturated heterocycles. The minimum atomic E-state index is -0.0548. The number of hydrogen-bond donors (Lipinski definition) is 1. The molecule has 1 atom stereocenters. The van der Waals surface area contributed by atoms with Crippen LogP contribution in [-0.2, 0) is 7.05 Å². The molecule has 10 heteroatoms. The first-order valence-corrected chi connectivity index (χ1v) is 10.0. The number of amides is 1. The van der Waals surface area contributed by atoms with E-state index in [1.165, 1.54) is 6.26 Å². The summed E-state index contributed by atoms with van der Waals surface area (Å²) in [4.78, 5) is 23.6. The van der Waals surface area contributed by atoms with Crippen LogP contribution in [0, 0.1) is 0 Å². The van der Waals surface area contributed by atoms with Crippen LogP contribution >= 0.6 is 24.0 Å². The molecular weight excluding hydrogens is 497 g/mol. The van der Waals surface area contributed by atoms with Gasteiger partial charge in [0.2, 0.25) is 0 Å². The molecule has 0 aromatic carbocycles. The fraction of sp³-hybridized carbons (Fsp3) is 0.550. The Kier molecular flexibility index (Phi) is 9.15. The Morgan fingerprint density at radius 3 is 2.53 bits per heavy atom. The number of carbonyl (C=O) groups excluding carboxylic acids is 1. The van der Waals surface area contributed by atoms with E-state index in [1.807, 2.05) is 29.0 Å². The van der Waals surface area contributed by atoms with Gasteiger partial charge < -0.3 is 24.4 Å². The molecule has 1 aliphatic rings. The lowest BCUT2D eigenvalue weighted by atomic mass is 10.1. The lowest BCUT2D eigenvalue weighted by molar-refractivity contribution is 0.0657. The van der Waals surface area contributed by atoms with Crippen molar-refractivity contribution in [2.24, 2.45) is 12.0 Å². The summed E-state index contributed by atoms with van der Waals surface area (Å²) in [5, 5.41) is 7.68. The molecule has 1 fully saturated rings. The number of nitrogens with one attached hydrogen (secondary N) is 1. The Morgan fingerprint density at radius 1 is 1.30 bits per heavy atom. The Hall–Kier alpha value is -2.08. The van der Waals surface area contributed by atoms with Crippen molar-refractivity contribution in [2.75, 3.05) is 53.4 Å². The van der Waals surface area contributed by atoms with Crippen molar-refractivity contribution in [3.05, 3.63) is 42.1 Å². The molecule has 0 saturated carbocycles. The zero-order valence-electron chi connectivity index (χ0n) is 18.1. The lowest BCUT2D eigenvalue weighted by Gasteiger charge is -2.36. The van der Waals surface area contributed by atoms with E-state index in [0.29, 0.717) is 25.4 Å². The number of piperazine rings is 1. The van der Waals surface area contributed by atoms with E-state index < -0.39 is 0 Å². The number of nitrogens with zero attached hydrogens (tertiary/aromatic N) is 6. The summed E-state index contributed by atoms with van der Waals surface area (Å²) in [6.45, 7) is 6.25. The summed E-state index contributed by atoms with van der Waals surface area (Å²) >= 11 is 0. The molecule has 2 aromatic heterocycles. The molecule has 1 aliphatic heterocycles. The molecule has 2 aromatic rings. The van der Waals surface area contributed by atoms with Gasteiger partial charge in [0.1, 0.15) is 0 Å². The van der Waals surface area contributed by atoms with Gasteiger partial charge in [-0.05, 0) is 33.2 Å². The number of halogens is 1. The van der Waals surface area contributed by atoms with Crippen molar-refractivity contribution in [3.63, 3.8) is 0 Å². The molecule has 0 spiro atoms. The standard InChI is InChI=1S/C20H31N7O2.HI/c1-5-21-20(22-14-17(24(2)3)16-13-23-25(4)15-16)27-10-8-26(9-11-27)19(28)18-7-6-12-29-18;/h6-7,12-13,15,17H,5,8-11,14H2,1-4H3,(H,21,22);1H. The molecule has 9 nitrogen and oxygen atoms in total. The monoisotopic (exact) mass is 529 g/mol. The van der Waals surface area contributed by atoms with Crippen LogP contribution in [0.3, 0.4) is 0 Å². The maximum Gasteiger partial charge on any atom is 0.289 e. The first kappa shape index (κ1) is 24.2. The van der Waals surface area contributed by atoms with E-state index in [-0.39, 0.29) is 35.9 Å². The van der Waals surface area contributed by atoms with E-state index >= 15 is 0 Å². The predicted molar refractivity (Wildman–Crippen MR) is 127 cm³/mol. The Labute approximate surface area is 195 Å². The van der Waals surface area contributed by atoms with E-state index in [0.717, 1.165) is 31.2 Å². The van der Waals surface area contributed by atoms with Crippen LogP contribution in [0.2, 0.25) is 0 Å². The van der Waals surface area contributed by atoms with Crippen molar-refractivity contribution >= 4 is 35.8 Å². The van der Waals surface area contributed by atoms with Gasteiger partial charge in [-0.15, -0.1) is 24.0 Å². The summed E-state index contributed by atoms with van der Waals surface area (Å²) in [7, 11) is 6.03. The van der Waals surface area contributed by atoms with Gasteiger partial charge in [-0.1, -0.05) is 0 Å². The van der Waals surface area contributed by atoms with Gasteiger partial charge >= 0.3 is 0 Å². The number of guanidine groups is 1. The molecule has 1 amide bonds. The van der Waals surface area contributed by atoms with E-state index in [1.54, 1.807) is 12.1 Å². The largest absolute Gasteiger partial charge is 0.459 e. The Bertz CT molecular complexity index is 811.